The van der Waals surface area contributed by atoms with E-state index in [2.05, 4.69) is 82.8 Å². The molecule has 174 valence electrons. The maximum Gasteiger partial charge on any atom is 0.243 e. The lowest BCUT2D eigenvalue weighted by molar-refractivity contribution is 0.0768. The summed E-state index contributed by atoms with van der Waals surface area (Å²) in [6.07, 6.45) is 1.05. The Bertz CT molecular complexity index is 1050. The van der Waals surface area contributed by atoms with Crippen LogP contribution in [0.5, 0.6) is 0 Å². The maximum atomic E-state index is 13.9. The quantitative estimate of drug-likeness (QED) is 0.580. The van der Waals surface area contributed by atoms with Crippen LogP contribution in [-0.2, 0) is 23.0 Å². The van der Waals surface area contributed by atoms with E-state index < -0.39 is 10.0 Å². The fourth-order valence-corrected chi connectivity index (χ4v) is 7.17. The predicted octanol–water partition coefficient (Wildman–Crippen LogP) is 5.49. The largest absolute Gasteiger partial charge is 0.293 e. The van der Waals surface area contributed by atoms with Gasteiger partial charge in [-0.2, -0.15) is 4.31 Å². The Hall–Kier alpha value is -1.69. The summed E-state index contributed by atoms with van der Waals surface area (Å²) in [7, 11) is -3.52. The molecule has 2 aliphatic heterocycles. The highest BCUT2D eigenvalue weighted by atomic mass is 32.2. The van der Waals surface area contributed by atoms with E-state index >= 15 is 0 Å². The molecule has 0 bridgehead atoms. The molecule has 32 heavy (non-hydrogen) atoms. The third-order valence-corrected chi connectivity index (χ3v) is 9.15. The van der Waals surface area contributed by atoms with Gasteiger partial charge in [0.2, 0.25) is 10.0 Å². The fourth-order valence-electron chi connectivity index (χ4n) is 4.99. The molecule has 0 aromatic heterocycles. The predicted molar refractivity (Wildman–Crippen MR) is 132 cm³/mol. The van der Waals surface area contributed by atoms with Crippen molar-refractivity contribution in [3.8, 4) is 0 Å². The zero-order valence-corrected chi connectivity index (χ0v) is 21.2. The minimum atomic E-state index is -3.52. The van der Waals surface area contributed by atoms with Crippen molar-refractivity contribution >= 4 is 10.0 Å². The Morgan fingerprint density at radius 2 is 1.41 bits per heavy atom. The minimum Gasteiger partial charge on any atom is -0.293 e. The van der Waals surface area contributed by atoms with Gasteiger partial charge in [0.1, 0.15) is 0 Å². The first kappa shape index (κ1) is 23.5. The number of benzene rings is 2. The van der Waals surface area contributed by atoms with Crippen molar-refractivity contribution < 1.29 is 8.42 Å². The number of rotatable bonds is 6. The summed E-state index contributed by atoms with van der Waals surface area (Å²) in [4.78, 5) is 3.03. The van der Waals surface area contributed by atoms with Gasteiger partial charge in [0, 0.05) is 32.2 Å². The van der Waals surface area contributed by atoms with Crippen LogP contribution in [0.1, 0.15) is 87.1 Å². The van der Waals surface area contributed by atoms with Gasteiger partial charge in [0.05, 0.1) is 4.90 Å². The van der Waals surface area contributed by atoms with Crippen molar-refractivity contribution in [1.82, 2.24) is 9.21 Å². The van der Waals surface area contributed by atoms with Crippen molar-refractivity contribution in [2.75, 3.05) is 19.6 Å². The molecular weight excluding hydrogens is 416 g/mol. The molecule has 0 saturated carbocycles. The first-order valence-corrected chi connectivity index (χ1v) is 13.5. The second-order valence-corrected chi connectivity index (χ2v) is 12.3. The molecule has 5 heteroatoms. The Kier molecular flexibility index (Phi) is 6.54. The van der Waals surface area contributed by atoms with E-state index in [9.17, 15) is 8.42 Å². The van der Waals surface area contributed by atoms with Gasteiger partial charge in [-0.25, -0.2) is 8.42 Å². The number of hydrogen-bond acceptors (Lipinski definition) is 3. The number of sulfonamides is 1. The third-order valence-electron chi connectivity index (χ3n) is 7.18. The summed E-state index contributed by atoms with van der Waals surface area (Å²) >= 11 is 0. The molecule has 0 radical (unpaired) electrons. The molecule has 2 aliphatic rings. The van der Waals surface area contributed by atoms with E-state index in [0.717, 1.165) is 30.6 Å². The number of hydrogen-bond donors (Lipinski definition) is 0. The summed E-state index contributed by atoms with van der Waals surface area (Å²) in [5.74, 6) is 0.690. The highest BCUT2D eigenvalue weighted by Crippen LogP contribution is 2.38. The zero-order chi connectivity index (χ0) is 23.2. The van der Waals surface area contributed by atoms with Crippen LogP contribution < -0.4 is 0 Å². The van der Waals surface area contributed by atoms with E-state index in [-0.39, 0.29) is 11.8 Å². The van der Waals surface area contributed by atoms with Gasteiger partial charge >= 0.3 is 0 Å². The van der Waals surface area contributed by atoms with Crippen LogP contribution in [0.25, 0.3) is 0 Å². The molecule has 0 N–H and O–H groups in total. The average molecular weight is 455 g/mol. The molecule has 0 aliphatic carbocycles. The normalized spacial score (nSPS) is 18.4. The molecule has 4 nitrogen and oxygen atoms in total. The van der Waals surface area contributed by atoms with Crippen molar-refractivity contribution in [3.05, 3.63) is 64.2 Å². The van der Waals surface area contributed by atoms with Crippen molar-refractivity contribution in [1.29, 1.82) is 0 Å². The molecule has 0 amide bonds. The Balaban J connectivity index is 1.60. The molecular formula is C27H38N2O2S. The topological polar surface area (TPSA) is 40.6 Å². The molecule has 0 unspecified atom stereocenters. The number of fused-ring (bicyclic) bond motifs is 1. The van der Waals surface area contributed by atoms with Gasteiger partial charge in [-0.15, -0.1) is 0 Å². The van der Waals surface area contributed by atoms with Crippen molar-refractivity contribution in [2.45, 2.75) is 83.2 Å². The first-order valence-electron chi connectivity index (χ1n) is 12.1. The lowest BCUT2D eigenvalue weighted by atomic mass is 9.89. The van der Waals surface area contributed by atoms with Crippen LogP contribution in [0.15, 0.2) is 41.3 Å². The van der Waals surface area contributed by atoms with Crippen molar-refractivity contribution in [2.24, 2.45) is 0 Å². The lowest BCUT2D eigenvalue weighted by Crippen LogP contribution is -2.61. The molecule has 1 fully saturated rings. The Morgan fingerprint density at radius 3 is 1.94 bits per heavy atom. The van der Waals surface area contributed by atoms with Crippen molar-refractivity contribution in [3.63, 3.8) is 0 Å². The summed E-state index contributed by atoms with van der Waals surface area (Å²) in [5, 5.41) is 0. The van der Waals surface area contributed by atoms with Gasteiger partial charge in [-0.1, -0.05) is 77.9 Å². The maximum absolute atomic E-state index is 13.9. The SMILES string of the molecule is CC(C)c1cc(C(C)C)c(S(=O)(=O)N2CC(N3CCc4ccccc4C3)C2)c(C(C)C)c1. The highest BCUT2D eigenvalue weighted by molar-refractivity contribution is 7.89. The van der Waals surface area contributed by atoms with E-state index in [1.54, 1.807) is 4.31 Å². The van der Waals surface area contributed by atoms with E-state index in [1.807, 2.05) is 0 Å². The Labute approximate surface area is 194 Å². The smallest absolute Gasteiger partial charge is 0.243 e. The van der Waals surface area contributed by atoms with Crippen LogP contribution in [-0.4, -0.2) is 43.3 Å². The van der Waals surface area contributed by atoms with E-state index in [4.69, 9.17) is 0 Å². The lowest BCUT2D eigenvalue weighted by Gasteiger charge is -2.46. The van der Waals surface area contributed by atoms with Gasteiger partial charge in [-0.3, -0.25) is 4.90 Å². The Morgan fingerprint density at radius 1 is 0.844 bits per heavy atom. The van der Waals surface area contributed by atoms with E-state index in [0.29, 0.717) is 29.9 Å². The van der Waals surface area contributed by atoms with Crippen LogP contribution in [0.2, 0.25) is 0 Å². The third kappa shape index (κ3) is 4.27. The van der Waals surface area contributed by atoms with Crippen LogP contribution in [0.3, 0.4) is 0 Å². The average Bonchev–Trinajstić information content (AvgIpc) is 2.71. The molecule has 2 aromatic carbocycles. The minimum absolute atomic E-state index is 0.159. The highest BCUT2D eigenvalue weighted by Gasteiger charge is 2.42. The van der Waals surface area contributed by atoms with Gasteiger partial charge < -0.3 is 0 Å². The fraction of sp³-hybridized carbons (Fsp3) is 0.556. The monoisotopic (exact) mass is 454 g/mol. The van der Waals surface area contributed by atoms with Crippen LogP contribution >= 0.6 is 0 Å². The van der Waals surface area contributed by atoms with Crippen LogP contribution in [0.4, 0.5) is 0 Å². The molecule has 0 spiro atoms. The first-order chi connectivity index (χ1) is 15.1. The molecule has 2 heterocycles. The summed E-state index contributed by atoms with van der Waals surface area (Å²) in [6, 6.07) is 13.2. The summed E-state index contributed by atoms with van der Waals surface area (Å²) < 4.78 is 29.5. The number of nitrogens with zero attached hydrogens (tertiary/aromatic N) is 2. The zero-order valence-electron chi connectivity index (χ0n) is 20.4. The second-order valence-electron chi connectivity index (χ2n) is 10.5. The molecule has 2 aromatic rings. The van der Waals surface area contributed by atoms with Gasteiger partial charge in [-0.05, 0) is 52.0 Å². The van der Waals surface area contributed by atoms with Crippen LogP contribution in [0, 0.1) is 0 Å². The molecule has 4 rings (SSSR count). The second kappa shape index (κ2) is 8.92. The summed E-state index contributed by atoms with van der Waals surface area (Å²) in [6.45, 7) is 15.9. The van der Waals surface area contributed by atoms with Gasteiger partial charge in [0.25, 0.3) is 0 Å². The molecule has 0 atom stereocenters. The molecule has 1 saturated heterocycles. The van der Waals surface area contributed by atoms with E-state index in [1.165, 1.54) is 16.7 Å². The summed E-state index contributed by atoms with van der Waals surface area (Å²) in [5.41, 5.74) is 5.98. The van der Waals surface area contributed by atoms with Gasteiger partial charge in [0.15, 0.2) is 0 Å². The standard InChI is InChI=1S/C27H38N2O2S/c1-18(2)23-13-25(19(3)4)27(26(14-23)20(5)6)32(30,31)29-16-24(17-29)28-12-11-21-9-7-8-10-22(21)15-28/h7-10,13-14,18-20,24H,11-12,15-17H2,1-6H3.